The van der Waals surface area contributed by atoms with Gasteiger partial charge >= 0.3 is 0 Å². The monoisotopic (exact) mass is 154 g/mol. The fourth-order valence-corrected chi connectivity index (χ4v) is 0.899. The number of aliphatic hydroxyl groups is 2. The molecule has 0 saturated carbocycles. The van der Waals surface area contributed by atoms with Crippen LogP contribution in [-0.2, 0) is 4.74 Å². The largest absolute Gasteiger partial charge is 0.394 e. The van der Waals surface area contributed by atoms with E-state index < -0.39 is 18.3 Å². The van der Waals surface area contributed by atoms with Crippen molar-refractivity contribution in [2.45, 2.75) is 18.3 Å². The van der Waals surface area contributed by atoms with Crippen LogP contribution in [0.25, 0.3) is 0 Å². The molecule has 3 nitrogen and oxygen atoms in total. The van der Waals surface area contributed by atoms with Gasteiger partial charge in [0.25, 0.3) is 0 Å². The average molecular weight is 154 g/mol. The lowest BCUT2D eigenvalue weighted by Gasteiger charge is -2.25. The molecule has 2 N–H and O–H groups in total. The van der Waals surface area contributed by atoms with E-state index in [1.807, 2.05) is 0 Å². The third-order valence-corrected chi connectivity index (χ3v) is 1.53. The summed E-state index contributed by atoms with van der Waals surface area (Å²) in [4.78, 5) is 0. The number of aliphatic hydroxyl groups excluding tert-OH is 2. The fraction of sp³-hybridized carbons (Fsp3) is 0.500. The molecule has 0 saturated heterocycles. The van der Waals surface area contributed by atoms with Crippen molar-refractivity contribution in [2.24, 2.45) is 0 Å². The Kier molecular flexibility index (Phi) is 2.66. The first kappa shape index (κ1) is 8.28. The number of terminal acetylenes is 1. The summed E-state index contributed by atoms with van der Waals surface area (Å²) >= 11 is 0. The molecule has 0 bridgehead atoms. The molecular weight excluding hydrogens is 144 g/mol. The third-order valence-electron chi connectivity index (χ3n) is 1.53. The molecule has 0 aromatic carbocycles. The smallest absolute Gasteiger partial charge is 0.137 e. The van der Waals surface area contributed by atoms with E-state index in [0.29, 0.717) is 0 Å². The van der Waals surface area contributed by atoms with Crippen LogP contribution in [0, 0.1) is 12.3 Å². The lowest BCUT2D eigenvalue weighted by atomic mass is 10.1. The molecule has 0 amide bonds. The minimum Gasteiger partial charge on any atom is -0.394 e. The predicted octanol–water partition coefficient (Wildman–Crippen LogP) is -0.704. The maximum absolute atomic E-state index is 9.14. The Hall–Kier alpha value is -0.820. The minimum atomic E-state index is -0.746. The molecule has 60 valence electrons. The molecule has 1 rings (SSSR count). The third kappa shape index (κ3) is 1.81. The highest BCUT2D eigenvalue weighted by Crippen LogP contribution is 2.11. The van der Waals surface area contributed by atoms with Crippen LogP contribution in [-0.4, -0.2) is 35.1 Å². The van der Waals surface area contributed by atoms with E-state index in [9.17, 15) is 0 Å². The highest BCUT2D eigenvalue weighted by Gasteiger charge is 2.23. The van der Waals surface area contributed by atoms with E-state index in [1.165, 1.54) is 6.08 Å². The van der Waals surface area contributed by atoms with Gasteiger partial charge in [-0.3, -0.25) is 0 Å². The van der Waals surface area contributed by atoms with Gasteiger partial charge in [-0.1, -0.05) is 12.0 Å². The fourth-order valence-electron chi connectivity index (χ4n) is 0.899. The van der Waals surface area contributed by atoms with Crippen molar-refractivity contribution in [2.75, 3.05) is 6.61 Å². The van der Waals surface area contributed by atoms with E-state index in [4.69, 9.17) is 21.4 Å². The van der Waals surface area contributed by atoms with E-state index in [-0.39, 0.29) is 6.61 Å². The summed E-state index contributed by atoms with van der Waals surface area (Å²) in [5.74, 6) is 2.36. The maximum Gasteiger partial charge on any atom is 0.137 e. The molecule has 0 aromatic heterocycles. The second kappa shape index (κ2) is 3.54. The van der Waals surface area contributed by atoms with Crippen LogP contribution in [0.5, 0.6) is 0 Å². The molecule has 1 heterocycles. The van der Waals surface area contributed by atoms with Gasteiger partial charge in [0.2, 0.25) is 0 Å². The summed E-state index contributed by atoms with van der Waals surface area (Å²) in [6, 6.07) is 0. The summed E-state index contributed by atoms with van der Waals surface area (Å²) in [6.07, 6.45) is 6.46. The normalized spacial score (nSPS) is 36.6. The first-order valence-corrected chi connectivity index (χ1v) is 3.36. The van der Waals surface area contributed by atoms with Crippen LogP contribution >= 0.6 is 0 Å². The van der Waals surface area contributed by atoms with Crippen molar-refractivity contribution in [3.8, 4) is 12.3 Å². The first-order valence-electron chi connectivity index (χ1n) is 3.36. The van der Waals surface area contributed by atoms with Crippen molar-refractivity contribution in [3.05, 3.63) is 12.2 Å². The molecule has 3 atom stereocenters. The summed E-state index contributed by atoms with van der Waals surface area (Å²) < 4.78 is 5.07. The van der Waals surface area contributed by atoms with Gasteiger partial charge in [-0.25, -0.2) is 0 Å². The summed E-state index contributed by atoms with van der Waals surface area (Å²) in [5.41, 5.74) is 0. The van der Waals surface area contributed by atoms with Crippen molar-refractivity contribution >= 4 is 0 Å². The van der Waals surface area contributed by atoms with Gasteiger partial charge in [0.15, 0.2) is 0 Å². The molecule has 1 aliphatic rings. The topological polar surface area (TPSA) is 49.7 Å². The molecule has 1 aliphatic heterocycles. The van der Waals surface area contributed by atoms with Gasteiger partial charge in [-0.05, 0) is 6.08 Å². The molecule has 11 heavy (non-hydrogen) atoms. The summed E-state index contributed by atoms with van der Waals surface area (Å²) in [7, 11) is 0. The van der Waals surface area contributed by atoms with E-state index in [2.05, 4.69) is 5.92 Å². The van der Waals surface area contributed by atoms with Gasteiger partial charge in [-0.15, -0.1) is 6.42 Å². The zero-order valence-corrected chi connectivity index (χ0v) is 5.97. The van der Waals surface area contributed by atoms with Gasteiger partial charge in [0.1, 0.15) is 18.3 Å². The number of hydrogen-bond donors (Lipinski definition) is 2. The number of rotatable bonds is 1. The first-order chi connectivity index (χ1) is 5.27. The quantitative estimate of drug-likeness (QED) is 0.388. The maximum atomic E-state index is 9.14. The highest BCUT2D eigenvalue weighted by atomic mass is 16.5. The van der Waals surface area contributed by atoms with Crippen molar-refractivity contribution in [3.63, 3.8) is 0 Å². The van der Waals surface area contributed by atoms with Gasteiger partial charge in [0.05, 0.1) is 6.61 Å². The van der Waals surface area contributed by atoms with Gasteiger partial charge < -0.3 is 14.9 Å². The van der Waals surface area contributed by atoms with Crippen molar-refractivity contribution in [1.82, 2.24) is 0 Å². The molecule has 0 spiro atoms. The Morgan fingerprint density at radius 3 is 2.82 bits per heavy atom. The number of hydrogen-bond acceptors (Lipinski definition) is 3. The van der Waals surface area contributed by atoms with Crippen molar-refractivity contribution in [1.29, 1.82) is 0 Å². The van der Waals surface area contributed by atoms with E-state index >= 15 is 0 Å². The Morgan fingerprint density at radius 2 is 2.27 bits per heavy atom. The lowest BCUT2D eigenvalue weighted by Crippen LogP contribution is -2.37. The highest BCUT2D eigenvalue weighted by molar-refractivity contribution is 5.13. The predicted molar refractivity (Wildman–Crippen MR) is 39.7 cm³/mol. The molecule has 0 aliphatic carbocycles. The van der Waals surface area contributed by atoms with Crippen LogP contribution in [0.4, 0.5) is 0 Å². The van der Waals surface area contributed by atoms with Crippen LogP contribution in [0.3, 0.4) is 0 Å². The SMILES string of the molecule is C#CC1C=C[C@@H](O)[C@@H](CO)O1. The van der Waals surface area contributed by atoms with Crippen LogP contribution in [0.2, 0.25) is 0 Å². The second-order valence-electron chi connectivity index (χ2n) is 2.32. The molecule has 0 radical (unpaired) electrons. The Balaban J connectivity index is 2.61. The standard InChI is InChI=1S/C8H10O3/c1-2-6-3-4-7(10)8(5-9)11-6/h1,3-4,6-10H,5H2/t6?,7-,8-/m1/s1. The minimum absolute atomic E-state index is 0.219. The Morgan fingerprint density at radius 1 is 1.55 bits per heavy atom. The second-order valence-corrected chi connectivity index (χ2v) is 2.32. The molecular formula is C8H10O3. The van der Waals surface area contributed by atoms with Crippen molar-refractivity contribution < 1.29 is 14.9 Å². The Bertz CT molecular complexity index is 192. The molecule has 1 unspecified atom stereocenters. The summed E-state index contributed by atoms with van der Waals surface area (Å²) in [6.45, 7) is -0.219. The lowest BCUT2D eigenvalue weighted by molar-refractivity contribution is -0.0629. The average Bonchev–Trinajstić information content (AvgIpc) is 2.05. The van der Waals surface area contributed by atoms with Crippen LogP contribution < -0.4 is 0 Å². The van der Waals surface area contributed by atoms with E-state index in [1.54, 1.807) is 6.08 Å². The molecule has 3 heteroatoms. The molecule has 0 fully saturated rings. The molecule has 0 aromatic rings. The van der Waals surface area contributed by atoms with E-state index in [0.717, 1.165) is 0 Å². The zero-order chi connectivity index (χ0) is 8.27. The van der Waals surface area contributed by atoms with Gasteiger partial charge in [0, 0.05) is 0 Å². The van der Waals surface area contributed by atoms with Crippen LogP contribution in [0.15, 0.2) is 12.2 Å². The zero-order valence-electron chi connectivity index (χ0n) is 5.97. The Labute approximate surface area is 65.3 Å². The summed E-state index contributed by atoms with van der Waals surface area (Å²) in [5, 5.41) is 17.8. The number of ether oxygens (including phenoxy) is 1. The van der Waals surface area contributed by atoms with Gasteiger partial charge in [-0.2, -0.15) is 0 Å². The van der Waals surface area contributed by atoms with Crippen LogP contribution in [0.1, 0.15) is 0 Å².